The quantitative estimate of drug-likeness (QED) is 0.843. The van der Waals surface area contributed by atoms with Crippen molar-refractivity contribution in [3.63, 3.8) is 0 Å². The molecule has 0 saturated heterocycles. The first-order valence-electron chi connectivity index (χ1n) is 7.77. The minimum Gasteiger partial charge on any atom is -0.335 e. The molecule has 1 saturated carbocycles. The zero-order valence-corrected chi connectivity index (χ0v) is 13.2. The van der Waals surface area contributed by atoms with E-state index in [4.69, 9.17) is 11.6 Å². The van der Waals surface area contributed by atoms with Gasteiger partial charge in [0.05, 0.1) is 0 Å². The molecule has 0 aliphatic heterocycles. The van der Waals surface area contributed by atoms with Crippen LogP contribution >= 0.6 is 11.6 Å². The molecular weight excluding hydrogens is 282 g/mol. The van der Waals surface area contributed by atoms with Crippen LogP contribution in [0.3, 0.4) is 0 Å². The van der Waals surface area contributed by atoms with Crippen LogP contribution in [0, 0.1) is 0 Å². The van der Waals surface area contributed by atoms with E-state index in [-0.39, 0.29) is 0 Å². The van der Waals surface area contributed by atoms with Crippen molar-refractivity contribution in [1.82, 2.24) is 14.9 Å². The molecular formula is C17H22ClN3. The normalized spacial score (nSPS) is 14.6. The van der Waals surface area contributed by atoms with Crippen molar-refractivity contribution in [3.05, 3.63) is 52.6 Å². The first-order valence-corrected chi connectivity index (χ1v) is 8.14. The summed E-state index contributed by atoms with van der Waals surface area (Å²) in [5.41, 5.74) is 2.61. The number of nitrogens with zero attached hydrogens (tertiary/aromatic N) is 2. The summed E-state index contributed by atoms with van der Waals surface area (Å²) in [5.74, 6) is 1.12. The maximum Gasteiger partial charge on any atom is 0.113 e. The molecule has 1 heterocycles. The van der Waals surface area contributed by atoms with Crippen molar-refractivity contribution < 1.29 is 0 Å². The second-order valence-corrected chi connectivity index (χ2v) is 6.22. The summed E-state index contributed by atoms with van der Waals surface area (Å²) in [5, 5.41) is 4.38. The third kappa shape index (κ3) is 3.86. The van der Waals surface area contributed by atoms with E-state index in [9.17, 15) is 0 Å². The number of hydrogen-bond donors (Lipinski definition) is 1. The molecule has 1 aromatic heterocycles. The van der Waals surface area contributed by atoms with Crippen molar-refractivity contribution >= 4 is 11.6 Å². The highest BCUT2D eigenvalue weighted by atomic mass is 35.5. The lowest BCUT2D eigenvalue weighted by Crippen LogP contribution is -2.17. The highest BCUT2D eigenvalue weighted by Gasteiger charge is 2.20. The molecule has 0 bridgehead atoms. The molecule has 1 N–H and O–H groups in total. The van der Waals surface area contributed by atoms with Crippen molar-refractivity contribution in [1.29, 1.82) is 0 Å². The summed E-state index contributed by atoms with van der Waals surface area (Å²) in [6.07, 6.45) is 8.53. The lowest BCUT2D eigenvalue weighted by Gasteiger charge is -2.12. The van der Waals surface area contributed by atoms with Crippen LogP contribution in [-0.2, 0) is 19.5 Å². The monoisotopic (exact) mass is 303 g/mol. The highest BCUT2D eigenvalue weighted by molar-refractivity contribution is 6.30. The number of benzene rings is 1. The predicted octanol–water partition coefficient (Wildman–Crippen LogP) is 3.79. The molecule has 1 aliphatic rings. The van der Waals surface area contributed by atoms with E-state index in [1.54, 1.807) is 0 Å². The van der Waals surface area contributed by atoms with Crippen molar-refractivity contribution in [2.45, 2.75) is 51.7 Å². The smallest absolute Gasteiger partial charge is 0.113 e. The molecule has 0 spiro atoms. The summed E-state index contributed by atoms with van der Waals surface area (Å²) < 4.78 is 2.24. The lowest BCUT2D eigenvalue weighted by molar-refractivity contribution is 0.643. The van der Waals surface area contributed by atoms with Gasteiger partial charge in [-0.3, -0.25) is 0 Å². The van der Waals surface area contributed by atoms with Gasteiger partial charge in [-0.25, -0.2) is 4.98 Å². The van der Waals surface area contributed by atoms with Crippen molar-refractivity contribution in [3.8, 4) is 0 Å². The molecule has 0 radical (unpaired) electrons. The Kier molecular flexibility index (Phi) is 4.61. The highest BCUT2D eigenvalue weighted by Crippen LogP contribution is 2.22. The minimum atomic E-state index is 0.718. The molecule has 0 unspecified atom stereocenters. The number of halogens is 1. The van der Waals surface area contributed by atoms with Gasteiger partial charge in [0.25, 0.3) is 0 Å². The predicted molar refractivity (Wildman–Crippen MR) is 86.6 cm³/mol. The van der Waals surface area contributed by atoms with E-state index in [1.165, 1.54) is 24.0 Å². The first kappa shape index (κ1) is 14.6. The SMILES string of the molecule is CCCn1ccnc1Cc1cc(Cl)ccc1CNC1CC1. The van der Waals surface area contributed by atoms with Gasteiger partial charge in [0.2, 0.25) is 0 Å². The Morgan fingerprint density at radius 3 is 2.95 bits per heavy atom. The average Bonchev–Trinajstić information content (AvgIpc) is 3.20. The second kappa shape index (κ2) is 6.63. The molecule has 1 fully saturated rings. The van der Waals surface area contributed by atoms with Crippen LogP contribution in [-0.4, -0.2) is 15.6 Å². The van der Waals surface area contributed by atoms with Gasteiger partial charge in [0.1, 0.15) is 5.82 Å². The molecule has 3 nitrogen and oxygen atoms in total. The van der Waals surface area contributed by atoms with E-state index >= 15 is 0 Å². The Morgan fingerprint density at radius 1 is 1.33 bits per heavy atom. The summed E-state index contributed by atoms with van der Waals surface area (Å²) in [7, 11) is 0. The van der Waals surface area contributed by atoms with Crippen molar-refractivity contribution in [2.75, 3.05) is 0 Å². The van der Waals surface area contributed by atoms with Gasteiger partial charge in [0.15, 0.2) is 0 Å². The number of aromatic nitrogens is 2. The van der Waals surface area contributed by atoms with Crippen LogP contribution in [0.2, 0.25) is 5.02 Å². The Labute approximate surface area is 131 Å². The Morgan fingerprint density at radius 2 is 2.19 bits per heavy atom. The van der Waals surface area contributed by atoms with Crippen LogP contribution in [0.4, 0.5) is 0 Å². The van der Waals surface area contributed by atoms with Gasteiger partial charge in [-0.1, -0.05) is 24.6 Å². The van der Waals surface area contributed by atoms with E-state index in [2.05, 4.69) is 40.1 Å². The summed E-state index contributed by atoms with van der Waals surface area (Å²) >= 11 is 6.19. The second-order valence-electron chi connectivity index (χ2n) is 5.78. The average molecular weight is 304 g/mol. The van der Waals surface area contributed by atoms with E-state index in [0.717, 1.165) is 42.8 Å². The largest absolute Gasteiger partial charge is 0.335 e. The Bertz CT molecular complexity index is 602. The minimum absolute atomic E-state index is 0.718. The van der Waals surface area contributed by atoms with Crippen LogP contribution in [0.5, 0.6) is 0 Å². The van der Waals surface area contributed by atoms with E-state index < -0.39 is 0 Å². The number of hydrogen-bond acceptors (Lipinski definition) is 2. The Hall–Kier alpha value is -1.32. The maximum atomic E-state index is 6.19. The number of aryl methyl sites for hydroxylation is 1. The molecule has 2 aromatic rings. The van der Waals surface area contributed by atoms with Crippen LogP contribution in [0.25, 0.3) is 0 Å². The fourth-order valence-electron chi connectivity index (χ4n) is 2.60. The van der Waals surface area contributed by atoms with Gasteiger partial charge < -0.3 is 9.88 Å². The van der Waals surface area contributed by atoms with Gasteiger partial charge in [0, 0.05) is 43.0 Å². The van der Waals surface area contributed by atoms with Crippen LogP contribution in [0.1, 0.15) is 43.1 Å². The summed E-state index contributed by atoms with van der Waals surface area (Å²) in [4.78, 5) is 4.51. The van der Waals surface area contributed by atoms with Gasteiger partial charge >= 0.3 is 0 Å². The third-order valence-corrected chi connectivity index (χ3v) is 4.18. The van der Waals surface area contributed by atoms with Gasteiger partial charge in [-0.15, -0.1) is 0 Å². The molecule has 21 heavy (non-hydrogen) atoms. The van der Waals surface area contributed by atoms with Gasteiger partial charge in [-0.05, 0) is 42.5 Å². The fourth-order valence-corrected chi connectivity index (χ4v) is 2.79. The number of nitrogens with one attached hydrogen (secondary N) is 1. The fraction of sp³-hybridized carbons (Fsp3) is 0.471. The van der Waals surface area contributed by atoms with E-state index in [0.29, 0.717) is 0 Å². The van der Waals surface area contributed by atoms with Crippen LogP contribution in [0.15, 0.2) is 30.6 Å². The standard InChI is InChI=1S/C17H22ClN3/c1-2-8-21-9-7-19-17(21)11-14-10-15(18)4-3-13(14)12-20-16-5-6-16/h3-4,7,9-10,16,20H,2,5-6,8,11-12H2,1H3. The molecule has 1 aromatic carbocycles. The third-order valence-electron chi connectivity index (χ3n) is 3.94. The molecule has 3 rings (SSSR count). The molecule has 4 heteroatoms. The zero-order chi connectivity index (χ0) is 14.7. The number of rotatable bonds is 7. The topological polar surface area (TPSA) is 29.9 Å². The first-order chi connectivity index (χ1) is 10.3. The molecule has 0 amide bonds. The lowest BCUT2D eigenvalue weighted by atomic mass is 10.0. The Balaban J connectivity index is 1.78. The zero-order valence-electron chi connectivity index (χ0n) is 12.5. The molecule has 1 aliphatic carbocycles. The van der Waals surface area contributed by atoms with Crippen molar-refractivity contribution in [2.24, 2.45) is 0 Å². The number of imidazole rings is 1. The molecule has 0 atom stereocenters. The van der Waals surface area contributed by atoms with Gasteiger partial charge in [-0.2, -0.15) is 0 Å². The summed E-state index contributed by atoms with van der Waals surface area (Å²) in [6.45, 7) is 4.13. The van der Waals surface area contributed by atoms with E-state index in [1.807, 2.05) is 12.3 Å². The summed E-state index contributed by atoms with van der Waals surface area (Å²) in [6, 6.07) is 6.92. The van der Waals surface area contributed by atoms with Crippen LogP contribution < -0.4 is 5.32 Å². The maximum absolute atomic E-state index is 6.19. The molecule has 112 valence electrons.